The van der Waals surface area contributed by atoms with Crippen molar-refractivity contribution in [2.75, 3.05) is 6.61 Å². The third kappa shape index (κ3) is 3.60. The highest BCUT2D eigenvalue weighted by molar-refractivity contribution is 5.91. The highest BCUT2D eigenvalue weighted by Gasteiger charge is 2.79. The second-order valence-corrected chi connectivity index (χ2v) is 13.1. The van der Waals surface area contributed by atoms with Gasteiger partial charge in [-0.25, -0.2) is 4.79 Å². The van der Waals surface area contributed by atoms with E-state index in [2.05, 4.69) is 13.5 Å². The molecule has 2 spiro atoms. The molecule has 216 valence electrons. The first kappa shape index (κ1) is 27.5. The van der Waals surface area contributed by atoms with E-state index in [0.29, 0.717) is 24.8 Å². The van der Waals surface area contributed by atoms with Crippen LogP contribution in [0.5, 0.6) is 0 Å². The summed E-state index contributed by atoms with van der Waals surface area (Å²) in [5.41, 5.74) is 2.63. The van der Waals surface area contributed by atoms with E-state index in [1.54, 1.807) is 0 Å². The minimum absolute atomic E-state index is 0.0754. The molecule has 2 bridgehead atoms. The highest BCUT2D eigenvalue weighted by Crippen LogP contribution is 2.75. The van der Waals surface area contributed by atoms with Gasteiger partial charge in [-0.1, -0.05) is 36.3 Å². The van der Waals surface area contributed by atoms with Crippen molar-refractivity contribution in [3.05, 3.63) is 46.6 Å². The van der Waals surface area contributed by atoms with Crippen LogP contribution in [-0.4, -0.2) is 59.1 Å². The average molecular weight is 553 g/mol. The monoisotopic (exact) mass is 552 g/mol. The van der Waals surface area contributed by atoms with E-state index < -0.39 is 46.9 Å². The summed E-state index contributed by atoms with van der Waals surface area (Å²) in [6.45, 7) is 11.4. The average Bonchev–Trinajstić information content (AvgIpc) is 3.46. The molecule has 10 atom stereocenters. The number of fused-ring (bicyclic) bond motifs is 5. The first-order valence-corrected chi connectivity index (χ1v) is 14.6. The van der Waals surface area contributed by atoms with Gasteiger partial charge in [0.05, 0.1) is 18.1 Å². The van der Waals surface area contributed by atoms with Gasteiger partial charge in [-0.3, -0.25) is 9.59 Å². The quantitative estimate of drug-likeness (QED) is 0.230. The van der Waals surface area contributed by atoms with Crippen molar-refractivity contribution in [1.29, 1.82) is 0 Å². The van der Waals surface area contributed by atoms with Gasteiger partial charge < -0.3 is 24.4 Å². The summed E-state index contributed by atoms with van der Waals surface area (Å²) in [5, 5.41) is 21.8. The van der Waals surface area contributed by atoms with Crippen molar-refractivity contribution < 1.29 is 38.8 Å². The van der Waals surface area contributed by atoms with Crippen LogP contribution in [0.15, 0.2) is 46.6 Å². The summed E-state index contributed by atoms with van der Waals surface area (Å²) < 4.78 is 18.1. The normalized spacial score (nSPS) is 46.9. The van der Waals surface area contributed by atoms with Gasteiger partial charge in [0.2, 0.25) is 0 Å². The molecule has 6 rings (SSSR count). The first-order valence-electron chi connectivity index (χ1n) is 14.6. The molecule has 2 aliphatic heterocycles. The molecule has 6 aliphatic rings. The SMILES string of the molecule is C=C1C(=O)O[C@H]2C[C@H](C)[C@@]34C[C@@]5(C(=O)O[C@H]6/C=C(\C)CC/C=C(\CO)C[C@H](O)[C@@H]65)[C@@H](C(C)=C3C[C@H]12)[C@H]4OC(C)=O. The van der Waals surface area contributed by atoms with Crippen LogP contribution >= 0.6 is 0 Å². The van der Waals surface area contributed by atoms with Crippen molar-refractivity contribution >= 4 is 17.9 Å². The van der Waals surface area contributed by atoms with Crippen LogP contribution in [0, 0.1) is 34.5 Å². The molecule has 2 saturated heterocycles. The van der Waals surface area contributed by atoms with Crippen LogP contribution in [0.1, 0.15) is 66.2 Å². The summed E-state index contributed by atoms with van der Waals surface area (Å²) in [4.78, 5) is 39.2. The fraction of sp³-hybridized carbons (Fsp3) is 0.656. The number of carbonyl (C=O) groups excluding carboxylic acids is 3. The third-order valence-corrected chi connectivity index (χ3v) is 11.1. The van der Waals surface area contributed by atoms with Crippen molar-refractivity contribution in [3.63, 3.8) is 0 Å². The minimum atomic E-state index is -1.10. The Bertz CT molecular complexity index is 1270. The molecule has 0 unspecified atom stereocenters. The maximum Gasteiger partial charge on any atom is 0.334 e. The van der Waals surface area contributed by atoms with Crippen LogP contribution < -0.4 is 0 Å². The molecule has 2 heterocycles. The fourth-order valence-corrected chi connectivity index (χ4v) is 9.52. The number of rotatable bonds is 2. The topological polar surface area (TPSA) is 119 Å². The Kier molecular flexibility index (Phi) is 6.46. The molecule has 4 fully saturated rings. The van der Waals surface area contributed by atoms with Crippen LogP contribution in [-0.2, 0) is 28.6 Å². The number of ether oxygens (including phenoxy) is 3. The van der Waals surface area contributed by atoms with Crippen LogP contribution in [0.3, 0.4) is 0 Å². The van der Waals surface area contributed by atoms with Crippen molar-refractivity contribution in [3.8, 4) is 0 Å². The maximum absolute atomic E-state index is 14.2. The van der Waals surface area contributed by atoms with E-state index in [9.17, 15) is 24.6 Å². The molecule has 0 aromatic heterocycles. The Labute approximate surface area is 235 Å². The summed E-state index contributed by atoms with van der Waals surface area (Å²) in [6, 6.07) is 0. The molecule has 4 aliphatic carbocycles. The number of aliphatic hydroxyl groups excluding tert-OH is 2. The van der Waals surface area contributed by atoms with Crippen molar-refractivity contribution in [2.24, 2.45) is 34.5 Å². The molecule has 8 nitrogen and oxygen atoms in total. The van der Waals surface area contributed by atoms with Gasteiger partial charge in [-0.2, -0.15) is 0 Å². The lowest BCUT2D eigenvalue weighted by Crippen LogP contribution is -2.47. The molecule has 2 N–H and O–H groups in total. The Hall–Kier alpha value is -2.71. The molecular formula is C32H40O8. The van der Waals surface area contributed by atoms with E-state index in [1.165, 1.54) is 6.92 Å². The molecule has 2 saturated carbocycles. The zero-order valence-corrected chi connectivity index (χ0v) is 23.8. The van der Waals surface area contributed by atoms with Gasteiger partial charge in [0, 0.05) is 35.7 Å². The summed E-state index contributed by atoms with van der Waals surface area (Å²) in [5.74, 6) is -2.40. The number of hydrogen-bond donors (Lipinski definition) is 2. The fourth-order valence-electron chi connectivity index (χ4n) is 9.52. The van der Waals surface area contributed by atoms with Gasteiger partial charge in [0.25, 0.3) is 0 Å². The molecule has 8 heteroatoms. The van der Waals surface area contributed by atoms with Gasteiger partial charge >= 0.3 is 17.9 Å². The molecule has 0 radical (unpaired) electrons. The Morgan fingerprint density at radius 3 is 2.65 bits per heavy atom. The molecular weight excluding hydrogens is 512 g/mol. The predicted octanol–water partition coefficient (Wildman–Crippen LogP) is 3.72. The molecule has 0 aromatic carbocycles. The number of aliphatic hydroxyl groups is 2. The minimum Gasteiger partial charge on any atom is -0.461 e. The van der Waals surface area contributed by atoms with Gasteiger partial charge in [0.15, 0.2) is 0 Å². The lowest BCUT2D eigenvalue weighted by molar-refractivity contribution is -0.156. The van der Waals surface area contributed by atoms with E-state index in [1.807, 2.05) is 26.0 Å². The maximum atomic E-state index is 14.2. The van der Waals surface area contributed by atoms with Gasteiger partial charge in [-0.15, -0.1) is 0 Å². The van der Waals surface area contributed by atoms with E-state index in [4.69, 9.17) is 14.2 Å². The smallest absolute Gasteiger partial charge is 0.334 e. The van der Waals surface area contributed by atoms with Gasteiger partial charge in [0.1, 0.15) is 18.3 Å². The third-order valence-electron chi connectivity index (χ3n) is 11.1. The Balaban J connectivity index is 1.52. The Morgan fingerprint density at radius 2 is 1.95 bits per heavy atom. The van der Waals surface area contributed by atoms with Gasteiger partial charge in [-0.05, 0) is 69.9 Å². The molecule has 0 aromatic rings. The second kappa shape index (κ2) is 9.41. The lowest BCUT2D eigenvalue weighted by atomic mass is 9.57. The number of hydrogen-bond acceptors (Lipinski definition) is 8. The molecule has 0 amide bonds. The van der Waals surface area contributed by atoms with E-state index in [0.717, 1.165) is 35.1 Å². The summed E-state index contributed by atoms with van der Waals surface area (Å²) >= 11 is 0. The zero-order valence-electron chi connectivity index (χ0n) is 23.8. The number of allylic oxidation sites excluding steroid dienone is 2. The zero-order chi connectivity index (χ0) is 28.7. The number of esters is 3. The largest absolute Gasteiger partial charge is 0.461 e. The second-order valence-electron chi connectivity index (χ2n) is 13.1. The summed E-state index contributed by atoms with van der Waals surface area (Å²) in [7, 11) is 0. The van der Waals surface area contributed by atoms with Crippen LogP contribution in [0.25, 0.3) is 0 Å². The van der Waals surface area contributed by atoms with Crippen molar-refractivity contribution in [2.45, 2.75) is 90.6 Å². The molecule has 40 heavy (non-hydrogen) atoms. The standard InChI is InChI=1S/C32H40O8/c1-15-7-6-8-20(13-33)11-23(35)27-25(9-15)40-30(37)32(27)14-31-16(2)10-24-21(17(3)29(36)39-24)12-22(31)18(4)26(32)28(31)38-19(5)34/h8-9,16,21,23-28,33,35H,3,6-7,10-14H2,1-2,4-5H3/b15-9+,20-8-/t16-,21+,23-,24-,25-,26-,27-,28+,31-,32+/m0/s1. The first-order chi connectivity index (χ1) is 18.9. The van der Waals surface area contributed by atoms with Crippen molar-refractivity contribution in [1.82, 2.24) is 0 Å². The lowest BCUT2D eigenvalue weighted by Gasteiger charge is -2.43. The predicted molar refractivity (Wildman–Crippen MR) is 144 cm³/mol. The van der Waals surface area contributed by atoms with E-state index in [-0.39, 0.29) is 42.9 Å². The van der Waals surface area contributed by atoms with Crippen LogP contribution in [0.4, 0.5) is 0 Å². The van der Waals surface area contributed by atoms with E-state index >= 15 is 0 Å². The summed E-state index contributed by atoms with van der Waals surface area (Å²) in [6.07, 6.45) is 4.76. The number of carbonyl (C=O) groups is 3. The Morgan fingerprint density at radius 1 is 1.20 bits per heavy atom. The highest BCUT2D eigenvalue weighted by atomic mass is 16.6. The van der Waals surface area contributed by atoms with Crippen LogP contribution in [0.2, 0.25) is 0 Å².